The number of nitro groups is 1. The van der Waals surface area contributed by atoms with Crippen LogP contribution in [-0.2, 0) is 10.0 Å². The lowest BCUT2D eigenvalue weighted by atomic mass is 10.1. The molecule has 0 radical (unpaired) electrons. The molecule has 116 valence electrons. The largest absolute Gasteiger partial charge is 0.497 e. The number of hydrogen-bond donors (Lipinski definition) is 1. The number of hydrogen-bond acceptors (Lipinski definition) is 5. The van der Waals surface area contributed by atoms with E-state index < -0.39 is 20.6 Å². The molecule has 8 heteroatoms. The third-order valence-electron chi connectivity index (χ3n) is 3.67. The predicted molar refractivity (Wildman–Crippen MR) is 76.8 cm³/mol. The van der Waals surface area contributed by atoms with Gasteiger partial charge in [0.1, 0.15) is 5.75 Å². The first-order valence-electron chi connectivity index (χ1n) is 6.68. The maximum Gasteiger partial charge on any atom is 0.293 e. The van der Waals surface area contributed by atoms with Gasteiger partial charge in [-0.15, -0.1) is 0 Å². The van der Waals surface area contributed by atoms with E-state index in [4.69, 9.17) is 4.74 Å². The van der Waals surface area contributed by atoms with E-state index >= 15 is 0 Å². The Morgan fingerprint density at radius 2 is 2.10 bits per heavy atom. The summed E-state index contributed by atoms with van der Waals surface area (Å²) in [5, 5.41) is 11.1. The van der Waals surface area contributed by atoms with Crippen LogP contribution in [0.4, 0.5) is 5.69 Å². The summed E-state index contributed by atoms with van der Waals surface area (Å²) >= 11 is 0. The highest BCUT2D eigenvalue weighted by Crippen LogP contribution is 2.30. The topological polar surface area (TPSA) is 98.5 Å². The Balaban J connectivity index is 2.33. The van der Waals surface area contributed by atoms with E-state index in [1.807, 2.05) is 0 Å². The molecular weight excluding hydrogens is 296 g/mol. The molecule has 0 aliphatic heterocycles. The molecule has 2 unspecified atom stereocenters. The molecule has 2 rings (SSSR count). The van der Waals surface area contributed by atoms with Crippen molar-refractivity contribution in [1.82, 2.24) is 4.72 Å². The molecule has 0 spiro atoms. The summed E-state index contributed by atoms with van der Waals surface area (Å²) in [6, 6.07) is 3.56. The summed E-state index contributed by atoms with van der Waals surface area (Å²) in [4.78, 5) is 10.0. The van der Waals surface area contributed by atoms with Crippen molar-refractivity contribution >= 4 is 15.7 Å². The minimum absolute atomic E-state index is 0.160. The van der Waals surface area contributed by atoms with Crippen LogP contribution in [0.1, 0.15) is 26.2 Å². The lowest BCUT2D eigenvalue weighted by Crippen LogP contribution is -2.33. The molecule has 1 aliphatic rings. The van der Waals surface area contributed by atoms with Gasteiger partial charge in [0.05, 0.1) is 18.1 Å². The standard InChI is InChI=1S/C13H18N2O5S/c1-9-3-4-10(7-9)14-21(18,19)13-6-5-11(20-2)8-12(13)15(16)17/h5-6,8-10,14H,3-4,7H2,1-2H3. The lowest BCUT2D eigenvalue weighted by Gasteiger charge is -2.13. The minimum Gasteiger partial charge on any atom is -0.497 e. The second-order valence-corrected chi connectivity index (χ2v) is 7.01. The summed E-state index contributed by atoms with van der Waals surface area (Å²) in [7, 11) is -2.55. The second-order valence-electron chi connectivity index (χ2n) is 5.33. The van der Waals surface area contributed by atoms with Gasteiger partial charge < -0.3 is 4.74 Å². The van der Waals surface area contributed by atoms with Crippen LogP contribution in [0.3, 0.4) is 0 Å². The van der Waals surface area contributed by atoms with Crippen LogP contribution in [0.5, 0.6) is 5.75 Å². The highest BCUT2D eigenvalue weighted by Gasteiger charge is 2.31. The molecule has 1 aliphatic carbocycles. The third kappa shape index (κ3) is 3.51. The molecule has 1 saturated carbocycles. The summed E-state index contributed by atoms with van der Waals surface area (Å²) in [5.41, 5.74) is -0.479. The van der Waals surface area contributed by atoms with E-state index in [1.54, 1.807) is 0 Å². The quantitative estimate of drug-likeness (QED) is 0.662. The Hall–Kier alpha value is -1.67. The monoisotopic (exact) mass is 314 g/mol. The minimum atomic E-state index is -3.92. The van der Waals surface area contributed by atoms with Crippen molar-refractivity contribution in [3.63, 3.8) is 0 Å². The van der Waals surface area contributed by atoms with Crippen molar-refractivity contribution < 1.29 is 18.1 Å². The molecule has 1 fully saturated rings. The lowest BCUT2D eigenvalue weighted by molar-refractivity contribution is -0.387. The normalized spacial score (nSPS) is 22.2. The van der Waals surface area contributed by atoms with E-state index in [0.717, 1.165) is 25.3 Å². The first-order chi connectivity index (χ1) is 9.83. The van der Waals surface area contributed by atoms with Crippen LogP contribution in [0, 0.1) is 16.0 Å². The molecule has 0 aromatic heterocycles. The average Bonchev–Trinajstić information content (AvgIpc) is 2.82. The van der Waals surface area contributed by atoms with Crippen LogP contribution < -0.4 is 9.46 Å². The van der Waals surface area contributed by atoms with Gasteiger partial charge >= 0.3 is 0 Å². The molecule has 0 amide bonds. The molecular formula is C13H18N2O5S. The molecule has 21 heavy (non-hydrogen) atoms. The zero-order chi connectivity index (χ0) is 15.6. The van der Waals surface area contributed by atoms with Gasteiger partial charge in [-0.3, -0.25) is 10.1 Å². The Morgan fingerprint density at radius 1 is 1.38 bits per heavy atom. The molecule has 2 atom stereocenters. The second kappa shape index (κ2) is 5.98. The number of nitrogens with one attached hydrogen (secondary N) is 1. The van der Waals surface area contributed by atoms with Crippen molar-refractivity contribution in [2.24, 2.45) is 5.92 Å². The summed E-state index contributed by atoms with van der Waals surface area (Å²) in [6.07, 6.45) is 2.46. The van der Waals surface area contributed by atoms with Crippen molar-refractivity contribution in [2.75, 3.05) is 7.11 Å². The van der Waals surface area contributed by atoms with Gasteiger partial charge in [0.15, 0.2) is 4.90 Å². The highest BCUT2D eigenvalue weighted by molar-refractivity contribution is 7.89. The fourth-order valence-corrected chi connectivity index (χ4v) is 4.03. The summed E-state index contributed by atoms with van der Waals surface area (Å²) in [5.74, 6) is 0.707. The Bertz CT molecular complexity index is 644. The number of sulfonamides is 1. The van der Waals surface area contributed by atoms with Gasteiger partial charge in [0.25, 0.3) is 5.69 Å². The third-order valence-corrected chi connectivity index (χ3v) is 5.24. The van der Waals surface area contributed by atoms with Gasteiger partial charge in [-0.1, -0.05) is 6.92 Å². The Kier molecular flexibility index (Phi) is 4.48. The van der Waals surface area contributed by atoms with Crippen molar-refractivity contribution in [1.29, 1.82) is 0 Å². The molecule has 0 saturated heterocycles. The van der Waals surface area contributed by atoms with Crippen LogP contribution in [-0.4, -0.2) is 26.5 Å². The van der Waals surface area contributed by atoms with Crippen LogP contribution in [0.15, 0.2) is 23.1 Å². The van der Waals surface area contributed by atoms with E-state index in [0.29, 0.717) is 5.92 Å². The molecule has 0 heterocycles. The zero-order valence-corrected chi connectivity index (χ0v) is 12.7. The summed E-state index contributed by atoms with van der Waals surface area (Å²) < 4.78 is 32.2. The van der Waals surface area contributed by atoms with Crippen molar-refractivity contribution in [3.8, 4) is 5.75 Å². The zero-order valence-electron chi connectivity index (χ0n) is 11.9. The molecule has 0 bridgehead atoms. The van der Waals surface area contributed by atoms with E-state index in [2.05, 4.69) is 11.6 Å². The number of nitro benzene ring substituents is 1. The maximum absolute atomic E-state index is 12.4. The average molecular weight is 314 g/mol. The van der Waals surface area contributed by atoms with Gasteiger partial charge in [-0.05, 0) is 37.3 Å². The number of methoxy groups -OCH3 is 1. The molecule has 7 nitrogen and oxygen atoms in total. The molecule has 1 N–H and O–H groups in total. The van der Waals surface area contributed by atoms with Gasteiger partial charge in [-0.25, -0.2) is 13.1 Å². The first-order valence-corrected chi connectivity index (χ1v) is 8.16. The fourth-order valence-electron chi connectivity index (χ4n) is 2.59. The molecule has 1 aromatic carbocycles. The SMILES string of the molecule is COc1ccc(S(=O)(=O)NC2CCC(C)C2)c([N+](=O)[O-])c1. The Morgan fingerprint density at radius 3 is 2.62 bits per heavy atom. The number of benzene rings is 1. The fraction of sp³-hybridized carbons (Fsp3) is 0.538. The highest BCUT2D eigenvalue weighted by atomic mass is 32.2. The number of ether oxygens (including phenoxy) is 1. The van der Waals surface area contributed by atoms with Crippen molar-refractivity contribution in [3.05, 3.63) is 28.3 Å². The number of rotatable bonds is 5. The predicted octanol–water partition coefficient (Wildman–Crippen LogP) is 2.07. The number of nitrogens with zero attached hydrogens (tertiary/aromatic N) is 1. The summed E-state index contributed by atoms with van der Waals surface area (Å²) in [6.45, 7) is 2.06. The van der Waals surface area contributed by atoms with E-state index in [1.165, 1.54) is 19.2 Å². The van der Waals surface area contributed by atoms with Gasteiger partial charge in [-0.2, -0.15) is 0 Å². The van der Waals surface area contributed by atoms with E-state index in [9.17, 15) is 18.5 Å². The maximum atomic E-state index is 12.4. The van der Waals surface area contributed by atoms with E-state index in [-0.39, 0.29) is 16.7 Å². The van der Waals surface area contributed by atoms with Crippen molar-refractivity contribution in [2.45, 2.75) is 37.1 Å². The van der Waals surface area contributed by atoms with Crippen LogP contribution >= 0.6 is 0 Å². The smallest absolute Gasteiger partial charge is 0.293 e. The van der Waals surface area contributed by atoms with Crippen LogP contribution in [0.25, 0.3) is 0 Å². The first kappa shape index (κ1) is 15.7. The van der Waals surface area contributed by atoms with Crippen LogP contribution in [0.2, 0.25) is 0 Å². The Labute approximate surface area is 123 Å². The van der Waals surface area contributed by atoms with Gasteiger partial charge in [0, 0.05) is 6.04 Å². The molecule has 1 aromatic rings. The van der Waals surface area contributed by atoms with Gasteiger partial charge in [0.2, 0.25) is 10.0 Å².